The van der Waals surface area contributed by atoms with Crippen molar-refractivity contribution in [3.05, 3.63) is 65.2 Å². The molecule has 2 rings (SSSR count). The summed E-state index contributed by atoms with van der Waals surface area (Å²) in [6, 6.07) is 15.0. The standard InChI is InChI=1S/C23H29NO3/c1-5-14-27-23(26)20-10-12-21(13-11-20)24-22(25)17(4)19-8-6-18(7-9-19)15-16(2)3/h6-13,16-17H,5,14-15H2,1-4H3,(H,24,25). The highest BCUT2D eigenvalue weighted by Crippen LogP contribution is 2.20. The lowest BCUT2D eigenvalue weighted by Crippen LogP contribution is -2.19. The molecule has 0 aliphatic rings. The number of esters is 1. The van der Waals surface area contributed by atoms with E-state index in [4.69, 9.17) is 4.74 Å². The average Bonchev–Trinajstić information content (AvgIpc) is 2.66. The molecule has 1 N–H and O–H groups in total. The molecule has 1 amide bonds. The van der Waals surface area contributed by atoms with Gasteiger partial charge in [-0.3, -0.25) is 4.79 Å². The van der Waals surface area contributed by atoms with Crippen molar-refractivity contribution in [2.75, 3.05) is 11.9 Å². The zero-order chi connectivity index (χ0) is 19.8. The summed E-state index contributed by atoms with van der Waals surface area (Å²) in [5.74, 6) is -0.0661. The van der Waals surface area contributed by atoms with Crippen LogP contribution in [0.4, 0.5) is 5.69 Å². The Balaban J connectivity index is 1.96. The van der Waals surface area contributed by atoms with Crippen LogP contribution in [0, 0.1) is 5.92 Å². The van der Waals surface area contributed by atoms with E-state index in [0.29, 0.717) is 23.8 Å². The van der Waals surface area contributed by atoms with Crippen LogP contribution in [-0.2, 0) is 16.0 Å². The molecule has 0 fully saturated rings. The summed E-state index contributed by atoms with van der Waals surface area (Å²) >= 11 is 0. The van der Waals surface area contributed by atoms with Crippen molar-refractivity contribution in [3.63, 3.8) is 0 Å². The maximum Gasteiger partial charge on any atom is 0.338 e. The van der Waals surface area contributed by atoms with E-state index in [1.807, 2.05) is 26.0 Å². The highest BCUT2D eigenvalue weighted by molar-refractivity contribution is 5.96. The van der Waals surface area contributed by atoms with Gasteiger partial charge in [0.05, 0.1) is 18.1 Å². The van der Waals surface area contributed by atoms with E-state index in [1.165, 1.54) is 5.56 Å². The zero-order valence-electron chi connectivity index (χ0n) is 16.6. The summed E-state index contributed by atoms with van der Waals surface area (Å²) in [5.41, 5.74) is 3.41. The molecule has 0 radical (unpaired) electrons. The van der Waals surface area contributed by atoms with Crippen molar-refractivity contribution >= 4 is 17.6 Å². The summed E-state index contributed by atoms with van der Waals surface area (Å²) in [4.78, 5) is 24.3. The molecular formula is C23H29NO3. The van der Waals surface area contributed by atoms with Gasteiger partial charge in [-0.05, 0) is 61.1 Å². The fraction of sp³-hybridized carbons (Fsp3) is 0.391. The second-order valence-electron chi connectivity index (χ2n) is 7.26. The fourth-order valence-corrected chi connectivity index (χ4v) is 2.78. The average molecular weight is 367 g/mol. The highest BCUT2D eigenvalue weighted by Gasteiger charge is 2.16. The third-order valence-corrected chi connectivity index (χ3v) is 4.34. The number of hydrogen-bond donors (Lipinski definition) is 1. The van der Waals surface area contributed by atoms with Gasteiger partial charge in [0.2, 0.25) is 5.91 Å². The minimum Gasteiger partial charge on any atom is -0.462 e. The molecular weight excluding hydrogens is 338 g/mol. The van der Waals surface area contributed by atoms with Crippen molar-refractivity contribution in [2.24, 2.45) is 5.92 Å². The van der Waals surface area contributed by atoms with E-state index < -0.39 is 0 Å². The maximum atomic E-state index is 12.5. The quantitative estimate of drug-likeness (QED) is 0.653. The SMILES string of the molecule is CCCOC(=O)c1ccc(NC(=O)C(C)c2ccc(CC(C)C)cc2)cc1. The lowest BCUT2D eigenvalue weighted by atomic mass is 9.96. The largest absolute Gasteiger partial charge is 0.462 e. The van der Waals surface area contributed by atoms with E-state index in [-0.39, 0.29) is 17.8 Å². The molecule has 2 aromatic rings. The Hall–Kier alpha value is -2.62. The molecule has 27 heavy (non-hydrogen) atoms. The van der Waals surface area contributed by atoms with E-state index >= 15 is 0 Å². The lowest BCUT2D eigenvalue weighted by molar-refractivity contribution is -0.117. The molecule has 4 heteroatoms. The normalized spacial score (nSPS) is 11.9. The van der Waals surface area contributed by atoms with Crippen molar-refractivity contribution in [2.45, 2.75) is 46.5 Å². The monoisotopic (exact) mass is 367 g/mol. The van der Waals surface area contributed by atoms with Gasteiger partial charge in [-0.15, -0.1) is 0 Å². The number of benzene rings is 2. The number of hydrogen-bond acceptors (Lipinski definition) is 3. The molecule has 144 valence electrons. The molecule has 0 heterocycles. The summed E-state index contributed by atoms with van der Waals surface area (Å²) in [7, 11) is 0. The van der Waals surface area contributed by atoms with Gasteiger partial charge in [0.1, 0.15) is 0 Å². The first-order chi connectivity index (χ1) is 12.9. The first-order valence-electron chi connectivity index (χ1n) is 9.57. The van der Waals surface area contributed by atoms with Crippen molar-refractivity contribution < 1.29 is 14.3 Å². The van der Waals surface area contributed by atoms with Crippen molar-refractivity contribution in [1.29, 1.82) is 0 Å². The molecule has 0 bridgehead atoms. The smallest absolute Gasteiger partial charge is 0.338 e. The number of carbonyl (C=O) groups excluding carboxylic acids is 2. The molecule has 0 aliphatic heterocycles. The maximum absolute atomic E-state index is 12.5. The number of amides is 1. The second kappa shape index (κ2) is 9.91. The van der Waals surface area contributed by atoms with Crippen LogP contribution < -0.4 is 5.32 Å². The van der Waals surface area contributed by atoms with Gasteiger partial charge >= 0.3 is 5.97 Å². The predicted molar refractivity (Wildman–Crippen MR) is 109 cm³/mol. The molecule has 0 saturated carbocycles. The molecule has 1 unspecified atom stereocenters. The predicted octanol–water partition coefficient (Wildman–Crippen LogP) is 5.19. The van der Waals surface area contributed by atoms with Crippen molar-refractivity contribution in [3.8, 4) is 0 Å². The Morgan fingerprint density at radius 3 is 2.15 bits per heavy atom. The van der Waals surface area contributed by atoms with Crippen LogP contribution in [0.1, 0.15) is 61.5 Å². The Labute approximate surface area is 161 Å². The van der Waals surface area contributed by atoms with E-state index in [1.54, 1.807) is 24.3 Å². The van der Waals surface area contributed by atoms with Gasteiger partial charge in [0.25, 0.3) is 0 Å². The fourth-order valence-electron chi connectivity index (χ4n) is 2.78. The topological polar surface area (TPSA) is 55.4 Å². The molecule has 0 spiro atoms. The molecule has 4 nitrogen and oxygen atoms in total. The third kappa shape index (κ3) is 6.24. The molecule has 0 saturated heterocycles. The summed E-state index contributed by atoms with van der Waals surface area (Å²) in [5, 5.41) is 2.91. The van der Waals surface area contributed by atoms with Crippen molar-refractivity contribution in [1.82, 2.24) is 0 Å². The first-order valence-corrected chi connectivity index (χ1v) is 9.57. The van der Waals surface area contributed by atoms with Gasteiger partial charge < -0.3 is 10.1 Å². The van der Waals surface area contributed by atoms with Crippen LogP contribution in [0.15, 0.2) is 48.5 Å². The highest BCUT2D eigenvalue weighted by atomic mass is 16.5. The van der Waals surface area contributed by atoms with E-state index in [9.17, 15) is 9.59 Å². The van der Waals surface area contributed by atoms with Gasteiger partial charge in [0, 0.05) is 5.69 Å². The number of rotatable bonds is 8. The summed E-state index contributed by atoms with van der Waals surface area (Å²) < 4.78 is 5.10. The van der Waals surface area contributed by atoms with Crippen LogP contribution in [-0.4, -0.2) is 18.5 Å². The number of anilines is 1. The van der Waals surface area contributed by atoms with E-state index in [0.717, 1.165) is 18.4 Å². The zero-order valence-corrected chi connectivity index (χ0v) is 16.6. The first kappa shape index (κ1) is 20.7. The minimum atomic E-state index is -0.343. The van der Waals surface area contributed by atoms with E-state index in [2.05, 4.69) is 31.3 Å². The number of nitrogens with one attached hydrogen (secondary N) is 1. The van der Waals surface area contributed by atoms with Crippen LogP contribution in [0.25, 0.3) is 0 Å². The molecule has 1 atom stereocenters. The number of carbonyl (C=O) groups is 2. The van der Waals surface area contributed by atoms with Crippen LogP contribution in [0.2, 0.25) is 0 Å². The van der Waals surface area contributed by atoms with Gasteiger partial charge in [-0.25, -0.2) is 4.79 Å². The van der Waals surface area contributed by atoms with Gasteiger partial charge in [0.15, 0.2) is 0 Å². The molecule has 0 aromatic heterocycles. The minimum absolute atomic E-state index is 0.0760. The summed E-state index contributed by atoms with van der Waals surface area (Å²) in [6.45, 7) is 8.64. The van der Waals surface area contributed by atoms with Crippen LogP contribution in [0.5, 0.6) is 0 Å². The molecule has 2 aromatic carbocycles. The van der Waals surface area contributed by atoms with Gasteiger partial charge in [-0.2, -0.15) is 0 Å². The number of ether oxygens (including phenoxy) is 1. The van der Waals surface area contributed by atoms with Gasteiger partial charge in [-0.1, -0.05) is 45.0 Å². The Morgan fingerprint density at radius 2 is 1.59 bits per heavy atom. The Morgan fingerprint density at radius 1 is 0.963 bits per heavy atom. The summed E-state index contributed by atoms with van der Waals surface area (Å²) in [6.07, 6.45) is 1.82. The third-order valence-electron chi connectivity index (χ3n) is 4.34. The Bertz CT molecular complexity index is 748. The second-order valence-corrected chi connectivity index (χ2v) is 7.26. The molecule has 0 aliphatic carbocycles. The van der Waals surface area contributed by atoms with Crippen LogP contribution in [0.3, 0.4) is 0 Å². The van der Waals surface area contributed by atoms with Crippen LogP contribution >= 0.6 is 0 Å². The lowest BCUT2D eigenvalue weighted by Gasteiger charge is -2.14. The Kier molecular flexibility index (Phi) is 7.59.